The lowest BCUT2D eigenvalue weighted by Crippen LogP contribution is -2.33. The molecule has 1 aromatic rings. The van der Waals surface area contributed by atoms with Gasteiger partial charge in [-0.05, 0) is 57.6 Å². The molecule has 0 radical (unpaired) electrons. The van der Waals surface area contributed by atoms with Crippen molar-refractivity contribution in [3.8, 4) is 11.5 Å². The lowest BCUT2D eigenvalue weighted by atomic mass is 10.2. The Morgan fingerprint density at radius 1 is 1.17 bits per heavy atom. The van der Waals surface area contributed by atoms with Crippen LogP contribution in [0.2, 0.25) is 0 Å². The number of nitrogens with zero attached hydrogens (tertiary/aromatic N) is 2. The summed E-state index contributed by atoms with van der Waals surface area (Å²) >= 11 is 0. The van der Waals surface area contributed by atoms with Gasteiger partial charge in [0.1, 0.15) is 0 Å². The van der Waals surface area contributed by atoms with E-state index in [1.54, 1.807) is 13.2 Å². The molecule has 5 nitrogen and oxygen atoms in total. The van der Waals surface area contributed by atoms with Crippen LogP contribution >= 0.6 is 0 Å². The van der Waals surface area contributed by atoms with Crippen LogP contribution in [0.25, 0.3) is 6.08 Å². The highest BCUT2D eigenvalue weighted by Crippen LogP contribution is 2.29. The van der Waals surface area contributed by atoms with Crippen molar-refractivity contribution < 1.29 is 14.3 Å². The summed E-state index contributed by atoms with van der Waals surface area (Å²) in [7, 11) is 3.71. The van der Waals surface area contributed by atoms with Gasteiger partial charge >= 0.3 is 0 Å². The number of carbonyl (C=O) groups is 1. The Bertz CT molecular complexity index is 584. The zero-order chi connectivity index (χ0) is 17.5. The van der Waals surface area contributed by atoms with Crippen molar-refractivity contribution in [1.82, 2.24) is 9.80 Å². The van der Waals surface area contributed by atoms with E-state index in [-0.39, 0.29) is 12.0 Å². The van der Waals surface area contributed by atoms with Crippen LogP contribution in [0.4, 0.5) is 0 Å². The summed E-state index contributed by atoms with van der Waals surface area (Å²) < 4.78 is 11.1. The number of amides is 1. The van der Waals surface area contributed by atoms with Crippen LogP contribution in [-0.2, 0) is 4.79 Å². The topological polar surface area (TPSA) is 42.0 Å². The quantitative estimate of drug-likeness (QED) is 0.778. The van der Waals surface area contributed by atoms with E-state index < -0.39 is 0 Å². The first-order valence-corrected chi connectivity index (χ1v) is 8.50. The van der Waals surface area contributed by atoms with E-state index >= 15 is 0 Å². The lowest BCUT2D eigenvalue weighted by molar-refractivity contribution is -0.125. The molecule has 0 aliphatic carbocycles. The number of likely N-dealkylation sites (N-methyl/N-ethyl adjacent to an activating group) is 1. The first-order valence-electron chi connectivity index (χ1n) is 8.50. The number of hydrogen-bond acceptors (Lipinski definition) is 4. The molecule has 0 saturated carbocycles. The van der Waals surface area contributed by atoms with Crippen molar-refractivity contribution in [2.45, 2.75) is 26.4 Å². The van der Waals surface area contributed by atoms with Gasteiger partial charge in [-0.2, -0.15) is 0 Å². The van der Waals surface area contributed by atoms with Gasteiger partial charge in [-0.1, -0.05) is 6.07 Å². The average molecular weight is 332 g/mol. The Morgan fingerprint density at radius 3 is 2.67 bits per heavy atom. The number of benzene rings is 1. The molecule has 24 heavy (non-hydrogen) atoms. The summed E-state index contributed by atoms with van der Waals surface area (Å²) in [6, 6.07) is 5.70. The van der Waals surface area contributed by atoms with Crippen molar-refractivity contribution in [2.24, 2.45) is 0 Å². The third-order valence-electron chi connectivity index (χ3n) is 4.00. The zero-order valence-corrected chi connectivity index (χ0v) is 15.1. The zero-order valence-electron chi connectivity index (χ0n) is 15.1. The van der Waals surface area contributed by atoms with E-state index in [0.29, 0.717) is 11.5 Å². The lowest BCUT2D eigenvalue weighted by Gasteiger charge is -2.18. The normalized spacial score (nSPS) is 16.5. The van der Waals surface area contributed by atoms with Gasteiger partial charge in [-0.15, -0.1) is 0 Å². The Kier molecular flexibility index (Phi) is 6.67. The molecule has 1 saturated heterocycles. The third-order valence-corrected chi connectivity index (χ3v) is 4.00. The predicted molar refractivity (Wildman–Crippen MR) is 96.5 cm³/mol. The summed E-state index contributed by atoms with van der Waals surface area (Å²) in [5, 5.41) is 0. The van der Waals surface area contributed by atoms with E-state index in [1.165, 1.54) is 0 Å². The maximum atomic E-state index is 12.4. The molecule has 2 rings (SSSR count). The molecule has 0 aromatic heterocycles. The Morgan fingerprint density at radius 2 is 1.96 bits per heavy atom. The number of hydrogen-bond donors (Lipinski definition) is 0. The minimum atomic E-state index is 0.0618. The van der Waals surface area contributed by atoms with Crippen molar-refractivity contribution in [2.75, 3.05) is 40.3 Å². The fraction of sp³-hybridized carbons (Fsp3) is 0.526. The highest BCUT2D eigenvalue weighted by molar-refractivity contribution is 5.91. The molecule has 132 valence electrons. The van der Waals surface area contributed by atoms with Gasteiger partial charge in [-0.25, -0.2) is 0 Å². The summed E-state index contributed by atoms with van der Waals surface area (Å²) in [5.74, 6) is 1.45. The smallest absolute Gasteiger partial charge is 0.246 e. The first-order chi connectivity index (χ1) is 11.5. The minimum absolute atomic E-state index is 0.0618. The van der Waals surface area contributed by atoms with E-state index in [9.17, 15) is 4.79 Å². The van der Waals surface area contributed by atoms with E-state index in [4.69, 9.17) is 9.47 Å². The number of carbonyl (C=O) groups excluding carboxylic acids is 1. The van der Waals surface area contributed by atoms with Crippen LogP contribution in [0.3, 0.4) is 0 Å². The van der Waals surface area contributed by atoms with Crippen molar-refractivity contribution in [1.29, 1.82) is 0 Å². The highest BCUT2D eigenvalue weighted by Gasteiger charge is 2.15. The van der Waals surface area contributed by atoms with Crippen LogP contribution in [0.5, 0.6) is 11.5 Å². The molecule has 0 bridgehead atoms. The molecule has 0 N–H and O–H groups in total. The molecule has 1 aromatic carbocycles. The fourth-order valence-electron chi connectivity index (χ4n) is 2.68. The highest BCUT2D eigenvalue weighted by atomic mass is 16.5. The minimum Gasteiger partial charge on any atom is -0.493 e. The van der Waals surface area contributed by atoms with E-state index in [2.05, 4.69) is 11.9 Å². The second-order valence-electron chi connectivity index (χ2n) is 6.39. The second-order valence-corrected chi connectivity index (χ2v) is 6.39. The molecule has 1 aliphatic rings. The largest absolute Gasteiger partial charge is 0.493 e. The molecule has 0 spiro atoms. The van der Waals surface area contributed by atoms with Crippen LogP contribution < -0.4 is 9.47 Å². The van der Waals surface area contributed by atoms with Crippen LogP contribution in [0.15, 0.2) is 24.3 Å². The van der Waals surface area contributed by atoms with Crippen molar-refractivity contribution in [3.63, 3.8) is 0 Å². The van der Waals surface area contributed by atoms with E-state index in [0.717, 1.165) is 38.2 Å². The van der Waals surface area contributed by atoms with Gasteiger partial charge < -0.3 is 19.3 Å². The molecule has 5 heteroatoms. The summed E-state index contributed by atoms with van der Waals surface area (Å²) in [6.45, 7) is 7.52. The Hall–Kier alpha value is -2.01. The fourth-order valence-corrected chi connectivity index (χ4v) is 2.68. The second kappa shape index (κ2) is 8.73. The van der Waals surface area contributed by atoms with Crippen LogP contribution in [0.1, 0.15) is 25.8 Å². The summed E-state index contributed by atoms with van der Waals surface area (Å²) in [5.41, 5.74) is 0.920. The third kappa shape index (κ3) is 5.27. The Balaban J connectivity index is 2.03. The average Bonchev–Trinajstić information content (AvgIpc) is 2.77. The van der Waals surface area contributed by atoms with Crippen molar-refractivity contribution in [3.05, 3.63) is 29.8 Å². The predicted octanol–water partition coefficient (Wildman–Crippen LogP) is 2.66. The number of rotatable bonds is 5. The van der Waals surface area contributed by atoms with Crippen molar-refractivity contribution >= 4 is 12.0 Å². The maximum Gasteiger partial charge on any atom is 0.246 e. The molecule has 1 amide bonds. The number of ether oxygens (including phenoxy) is 2. The molecule has 1 heterocycles. The summed E-state index contributed by atoms with van der Waals surface area (Å²) in [4.78, 5) is 16.5. The maximum absolute atomic E-state index is 12.4. The molecule has 1 fully saturated rings. The van der Waals surface area contributed by atoms with Gasteiger partial charge in [0.25, 0.3) is 0 Å². The number of methoxy groups -OCH3 is 1. The molecule has 0 atom stereocenters. The van der Waals surface area contributed by atoms with Crippen LogP contribution in [-0.4, -0.2) is 62.1 Å². The Labute approximate surface area is 144 Å². The SMILES string of the molecule is COc1cc(/C=C/C(=O)N2CCCN(C)CC2)ccc1OC(C)C. The van der Waals surface area contributed by atoms with Gasteiger partial charge in [0.05, 0.1) is 13.2 Å². The van der Waals surface area contributed by atoms with Gasteiger partial charge in [0.15, 0.2) is 11.5 Å². The van der Waals surface area contributed by atoms with Gasteiger partial charge in [-0.3, -0.25) is 4.79 Å². The van der Waals surface area contributed by atoms with E-state index in [1.807, 2.05) is 43.0 Å². The monoisotopic (exact) mass is 332 g/mol. The molecule has 1 aliphatic heterocycles. The standard InChI is InChI=1S/C19H28N2O3/c1-15(2)24-17-8-6-16(14-18(17)23-4)7-9-19(22)21-11-5-10-20(3)12-13-21/h6-9,14-15H,5,10-13H2,1-4H3/b9-7+. The van der Waals surface area contributed by atoms with Crippen LogP contribution in [0, 0.1) is 0 Å². The first kappa shape index (κ1) is 18.3. The molecular weight excluding hydrogens is 304 g/mol. The summed E-state index contributed by atoms with van der Waals surface area (Å²) in [6.07, 6.45) is 4.58. The van der Waals surface area contributed by atoms with Gasteiger partial charge in [0.2, 0.25) is 5.91 Å². The molecule has 0 unspecified atom stereocenters. The van der Waals surface area contributed by atoms with Gasteiger partial charge in [0, 0.05) is 25.7 Å². The molecular formula is C19H28N2O3.